The van der Waals surface area contributed by atoms with Crippen molar-refractivity contribution < 1.29 is 19.1 Å². The van der Waals surface area contributed by atoms with Crippen LogP contribution in [-0.2, 0) is 11.2 Å². The highest BCUT2D eigenvalue weighted by Crippen LogP contribution is 2.40. The van der Waals surface area contributed by atoms with Crippen molar-refractivity contribution in [3.8, 4) is 22.4 Å². The Bertz CT molecular complexity index is 1080. The number of hydrogen-bond acceptors (Lipinski definition) is 4. The van der Waals surface area contributed by atoms with Gasteiger partial charge in [-0.3, -0.25) is 9.59 Å². The number of carbonyl (C=O) groups is 2. The Labute approximate surface area is 166 Å². The summed E-state index contributed by atoms with van der Waals surface area (Å²) in [6.45, 7) is 3.70. The summed E-state index contributed by atoms with van der Waals surface area (Å²) in [7, 11) is 0. The Balaban J connectivity index is 0.000000755. The molecule has 29 heavy (non-hydrogen) atoms. The lowest BCUT2D eigenvalue weighted by Gasteiger charge is -2.30. The second-order valence-corrected chi connectivity index (χ2v) is 7.33. The number of pyridine rings is 1. The smallest absolute Gasteiger partial charge is 0.290 e. The number of nitrogens with zero attached hydrogens (tertiary/aromatic N) is 1. The highest BCUT2D eigenvalue weighted by atomic mass is 19.1. The minimum Gasteiger partial charge on any atom is -0.483 e. The number of hydrogen-bond donors (Lipinski definition) is 4. The lowest BCUT2D eigenvalue weighted by Crippen LogP contribution is -2.49. The fourth-order valence-corrected chi connectivity index (χ4v) is 3.54. The van der Waals surface area contributed by atoms with E-state index in [9.17, 15) is 9.18 Å². The fraction of sp³-hybridized carbons (Fsp3) is 0.190. The van der Waals surface area contributed by atoms with E-state index >= 15 is 0 Å². The van der Waals surface area contributed by atoms with Crippen molar-refractivity contribution in [1.29, 1.82) is 0 Å². The molecule has 0 aliphatic carbocycles. The van der Waals surface area contributed by atoms with E-state index in [-0.39, 0.29) is 23.7 Å². The predicted octanol–water partition coefficient (Wildman–Crippen LogP) is 3.23. The molecule has 1 aromatic carbocycles. The van der Waals surface area contributed by atoms with Crippen LogP contribution in [0.3, 0.4) is 0 Å². The van der Waals surface area contributed by atoms with Gasteiger partial charge < -0.3 is 21.1 Å². The number of halogens is 1. The molecule has 0 fully saturated rings. The molecule has 3 heterocycles. The van der Waals surface area contributed by atoms with Crippen LogP contribution in [-0.4, -0.2) is 33.0 Å². The van der Waals surface area contributed by atoms with Gasteiger partial charge in [-0.2, -0.15) is 0 Å². The van der Waals surface area contributed by atoms with Crippen molar-refractivity contribution in [3.05, 3.63) is 59.7 Å². The average Bonchev–Trinajstić information content (AvgIpc) is 3.01. The minimum atomic E-state index is -0.358. The van der Waals surface area contributed by atoms with Crippen LogP contribution < -0.4 is 11.1 Å². The highest BCUT2D eigenvalue weighted by Gasteiger charge is 2.35. The molecule has 0 unspecified atom stereocenters. The Hall–Kier alpha value is -3.68. The van der Waals surface area contributed by atoms with Gasteiger partial charge in [0.2, 0.25) is 0 Å². The monoisotopic (exact) mass is 396 g/mol. The summed E-state index contributed by atoms with van der Waals surface area (Å²) < 4.78 is 13.9. The van der Waals surface area contributed by atoms with Crippen LogP contribution >= 0.6 is 0 Å². The molecule has 1 aliphatic heterocycles. The van der Waals surface area contributed by atoms with E-state index in [1.54, 1.807) is 24.4 Å². The molecule has 1 aliphatic rings. The van der Waals surface area contributed by atoms with Gasteiger partial charge in [-0.15, -0.1) is 0 Å². The summed E-state index contributed by atoms with van der Waals surface area (Å²) in [4.78, 5) is 28.6. The number of amides is 1. The van der Waals surface area contributed by atoms with Gasteiger partial charge in [0.15, 0.2) is 0 Å². The molecule has 0 spiro atoms. The number of carboxylic acid groups (broad SMARTS) is 1. The molecule has 5 N–H and O–H groups in total. The van der Waals surface area contributed by atoms with E-state index < -0.39 is 0 Å². The normalized spacial score (nSPS) is 14.2. The fourth-order valence-electron chi connectivity index (χ4n) is 3.54. The Morgan fingerprint density at radius 3 is 2.59 bits per heavy atom. The SMILES string of the molecule is CC1(C)Cc2[nH]c(-c3ccnc(N)c3)c(-c3cccc(F)c3)c2C(=O)N1.O=CO. The number of carbonyl (C=O) groups excluding carboxylic acids is 1. The number of H-pyrrole nitrogens is 1. The number of nitrogen functional groups attached to an aromatic ring is 1. The summed E-state index contributed by atoms with van der Waals surface area (Å²) >= 11 is 0. The van der Waals surface area contributed by atoms with Crippen molar-refractivity contribution in [3.63, 3.8) is 0 Å². The van der Waals surface area contributed by atoms with Crippen molar-refractivity contribution in [2.24, 2.45) is 0 Å². The molecule has 1 amide bonds. The number of rotatable bonds is 2. The number of aromatic nitrogens is 2. The lowest BCUT2D eigenvalue weighted by molar-refractivity contribution is -0.122. The Kier molecular flexibility index (Phi) is 5.36. The molecule has 2 aromatic heterocycles. The van der Waals surface area contributed by atoms with Crippen LogP contribution in [0.15, 0.2) is 42.6 Å². The van der Waals surface area contributed by atoms with Crippen molar-refractivity contribution in [2.45, 2.75) is 25.8 Å². The van der Waals surface area contributed by atoms with E-state index in [4.69, 9.17) is 15.6 Å². The lowest BCUT2D eigenvalue weighted by atomic mass is 9.88. The second-order valence-electron chi connectivity index (χ2n) is 7.33. The number of aromatic amines is 1. The first-order valence-electron chi connectivity index (χ1n) is 8.89. The van der Waals surface area contributed by atoms with Crippen LogP contribution in [0.2, 0.25) is 0 Å². The first-order valence-corrected chi connectivity index (χ1v) is 8.89. The number of nitrogens with one attached hydrogen (secondary N) is 2. The maximum atomic E-state index is 13.9. The molecule has 0 bridgehead atoms. The topological polar surface area (TPSA) is 121 Å². The van der Waals surface area contributed by atoms with E-state index in [0.29, 0.717) is 28.9 Å². The van der Waals surface area contributed by atoms with Crippen LogP contribution in [0.1, 0.15) is 29.9 Å². The standard InChI is InChI=1S/C20H19FN4O.CH2O2/c1-20(2)10-14-17(19(26)25-20)16(11-4-3-5-13(21)8-11)18(24-14)12-6-7-23-15(22)9-12;2-1-3/h3-9,24H,10H2,1-2H3,(H2,22,23)(H,25,26);1H,(H,2,3). The van der Waals surface area contributed by atoms with Gasteiger partial charge in [-0.1, -0.05) is 12.1 Å². The zero-order valence-corrected chi connectivity index (χ0v) is 16.0. The highest BCUT2D eigenvalue weighted by molar-refractivity contribution is 6.07. The molecule has 0 radical (unpaired) electrons. The van der Waals surface area contributed by atoms with Gasteiger partial charge in [0, 0.05) is 35.0 Å². The van der Waals surface area contributed by atoms with Crippen LogP contribution in [0.4, 0.5) is 10.2 Å². The van der Waals surface area contributed by atoms with E-state index in [2.05, 4.69) is 15.3 Å². The summed E-state index contributed by atoms with van der Waals surface area (Å²) in [5.41, 5.74) is 9.73. The maximum Gasteiger partial charge on any atom is 0.290 e. The molecule has 3 aromatic rings. The number of benzene rings is 1. The van der Waals surface area contributed by atoms with Gasteiger partial charge in [-0.05, 0) is 43.7 Å². The Morgan fingerprint density at radius 2 is 1.93 bits per heavy atom. The van der Waals surface area contributed by atoms with Gasteiger partial charge in [0.1, 0.15) is 11.6 Å². The number of anilines is 1. The average molecular weight is 396 g/mol. The summed E-state index contributed by atoms with van der Waals surface area (Å²) in [5, 5.41) is 9.91. The molecule has 7 nitrogen and oxygen atoms in total. The summed E-state index contributed by atoms with van der Waals surface area (Å²) in [6, 6.07) is 9.82. The van der Waals surface area contributed by atoms with Crippen molar-refractivity contribution in [1.82, 2.24) is 15.3 Å². The van der Waals surface area contributed by atoms with Gasteiger partial charge >= 0.3 is 0 Å². The first-order chi connectivity index (χ1) is 13.8. The largest absolute Gasteiger partial charge is 0.483 e. The minimum absolute atomic E-state index is 0.167. The van der Waals surface area contributed by atoms with E-state index in [0.717, 1.165) is 17.0 Å². The number of fused-ring (bicyclic) bond motifs is 1. The van der Waals surface area contributed by atoms with E-state index in [1.807, 2.05) is 19.9 Å². The third kappa shape index (κ3) is 4.11. The maximum absolute atomic E-state index is 13.9. The summed E-state index contributed by atoms with van der Waals surface area (Å²) in [6.07, 6.45) is 2.26. The molecule has 0 atom stereocenters. The molecule has 4 rings (SSSR count). The Morgan fingerprint density at radius 1 is 1.21 bits per heavy atom. The quantitative estimate of drug-likeness (QED) is 0.496. The third-order valence-electron chi connectivity index (χ3n) is 4.56. The van der Waals surface area contributed by atoms with Crippen LogP contribution in [0.5, 0.6) is 0 Å². The van der Waals surface area contributed by atoms with Crippen molar-refractivity contribution >= 4 is 18.2 Å². The predicted molar refractivity (Wildman–Crippen MR) is 108 cm³/mol. The molecular formula is C21H21FN4O3. The molecule has 150 valence electrons. The number of nitrogens with two attached hydrogens (primary N) is 1. The molecule has 0 saturated heterocycles. The van der Waals surface area contributed by atoms with Crippen molar-refractivity contribution in [2.75, 3.05) is 5.73 Å². The molecule has 0 saturated carbocycles. The molecular weight excluding hydrogens is 375 g/mol. The summed E-state index contributed by atoms with van der Waals surface area (Å²) in [5.74, 6) is -0.140. The van der Waals surface area contributed by atoms with Crippen LogP contribution in [0.25, 0.3) is 22.4 Å². The van der Waals surface area contributed by atoms with Crippen LogP contribution in [0, 0.1) is 5.82 Å². The van der Waals surface area contributed by atoms with Gasteiger partial charge in [-0.25, -0.2) is 9.37 Å². The molecule has 8 heteroatoms. The second kappa shape index (κ2) is 7.75. The third-order valence-corrected chi connectivity index (χ3v) is 4.56. The zero-order chi connectivity index (χ0) is 21.2. The first kappa shape index (κ1) is 20.1. The van der Waals surface area contributed by atoms with Gasteiger partial charge in [0.25, 0.3) is 12.4 Å². The van der Waals surface area contributed by atoms with E-state index in [1.165, 1.54) is 12.1 Å². The zero-order valence-electron chi connectivity index (χ0n) is 16.0. The van der Waals surface area contributed by atoms with Gasteiger partial charge in [0.05, 0.1) is 11.3 Å².